The van der Waals surface area contributed by atoms with Gasteiger partial charge < -0.3 is 10.2 Å². The minimum absolute atomic E-state index is 0.0964. The van der Waals surface area contributed by atoms with Crippen LogP contribution >= 0.6 is 0 Å². The normalized spacial score (nSPS) is 10.6. The fourth-order valence-electron chi connectivity index (χ4n) is 3.14. The molecule has 0 aliphatic heterocycles. The quantitative estimate of drug-likeness (QED) is 0.443. The first-order chi connectivity index (χ1) is 12.7. The Balaban J connectivity index is 1.71. The molecular weight excluding hydrogens is 320 g/mol. The summed E-state index contributed by atoms with van der Waals surface area (Å²) in [5.74, 6) is -0.195. The van der Waals surface area contributed by atoms with Crippen LogP contribution in [0.3, 0.4) is 0 Å². The van der Waals surface area contributed by atoms with E-state index in [4.69, 9.17) is 0 Å². The van der Waals surface area contributed by atoms with Crippen molar-refractivity contribution in [3.63, 3.8) is 0 Å². The van der Waals surface area contributed by atoms with Gasteiger partial charge in [0, 0.05) is 11.1 Å². The smallest absolute Gasteiger partial charge is 0.166 e. The molecule has 4 aromatic rings. The van der Waals surface area contributed by atoms with Crippen LogP contribution in [0.2, 0.25) is 0 Å². The number of rotatable bonds is 3. The molecule has 0 fully saturated rings. The van der Waals surface area contributed by atoms with Gasteiger partial charge in [-0.15, -0.1) is 0 Å². The summed E-state index contributed by atoms with van der Waals surface area (Å²) in [5.41, 5.74) is 5.21. The summed E-state index contributed by atoms with van der Waals surface area (Å²) in [5, 5.41) is 21.0. The summed E-state index contributed by atoms with van der Waals surface area (Å²) in [6.07, 6.45) is 0. The number of aromatic hydroxyl groups is 2. The van der Waals surface area contributed by atoms with Gasteiger partial charge in [0.15, 0.2) is 11.5 Å². The first-order valence-corrected chi connectivity index (χ1v) is 8.50. The molecule has 0 radical (unpaired) electrons. The number of hydrogen-bond donors (Lipinski definition) is 2. The molecule has 126 valence electrons. The lowest BCUT2D eigenvalue weighted by Crippen LogP contribution is -1.85. The molecule has 0 saturated heterocycles. The summed E-state index contributed by atoms with van der Waals surface area (Å²) in [6, 6.07) is 31.3. The summed E-state index contributed by atoms with van der Waals surface area (Å²) < 4.78 is 0. The minimum Gasteiger partial charge on any atom is -0.504 e. The van der Waals surface area contributed by atoms with Crippen molar-refractivity contribution in [1.82, 2.24) is 0 Å². The molecule has 2 heteroatoms. The fourth-order valence-corrected chi connectivity index (χ4v) is 3.14. The van der Waals surface area contributed by atoms with Gasteiger partial charge >= 0.3 is 0 Å². The zero-order valence-corrected chi connectivity index (χ0v) is 14.1. The van der Waals surface area contributed by atoms with Crippen molar-refractivity contribution in [3.05, 3.63) is 97.1 Å². The van der Waals surface area contributed by atoms with Gasteiger partial charge in [-0.05, 0) is 34.4 Å². The molecule has 0 unspecified atom stereocenters. The van der Waals surface area contributed by atoms with Crippen LogP contribution in [0.1, 0.15) is 0 Å². The van der Waals surface area contributed by atoms with Crippen LogP contribution in [0.25, 0.3) is 33.4 Å². The Kier molecular flexibility index (Phi) is 4.16. The SMILES string of the molecule is Oc1c(-c2ccccc2)ccc(-c2ccc(-c3ccccc3)cc2)c1O. The van der Waals surface area contributed by atoms with Crippen molar-refractivity contribution in [2.45, 2.75) is 0 Å². The number of phenols is 2. The lowest BCUT2D eigenvalue weighted by Gasteiger charge is -2.12. The molecule has 0 amide bonds. The van der Waals surface area contributed by atoms with E-state index in [-0.39, 0.29) is 11.5 Å². The van der Waals surface area contributed by atoms with E-state index in [1.807, 2.05) is 84.9 Å². The maximum absolute atomic E-state index is 10.5. The predicted molar refractivity (Wildman–Crippen MR) is 106 cm³/mol. The van der Waals surface area contributed by atoms with Gasteiger partial charge in [-0.3, -0.25) is 0 Å². The predicted octanol–water partition coefficient (Wildman–Crippen LogP) is 6.10. The average Bonchev–Trinajstić information content (AvgIpc) is 2.71. The maximum Gasteiger partial charge on any atom is 0.166 e. The van der Waals surface area contributed by atoms with E-state index in [9.17, 15) is 10.2 Å². The van der Waals surface area contributed by atoms with Crippen molar-refractivity contribution >= 4 is 0 Å². The second kappa shape index (κ2) is 6.77. The van der Waals surface area contributed by atoms with Gasteiger partial charge in [0.1, 0.15) is 0 Å². The number of phenolic OH excluding ortho intramolecular Hbond substituents is 2. The van der Waals surface area contributed by atoms with Crippen LogP contribution in [0.15, 0.2) is 97.1 Å². The Morgan fingerprint density at radius 2 is 0.692 bits per heavy atom. The Morgan fingerprint density at radius 3 is 1.19 bits per heavy atom. The topological polar surface area (TPSA) is 40.5 Å². The van der Waals surface area contributed by atoms with Gasteiger partial charge in [-0.25, -0.2) is 0 Å². The van der Waals surface area contributed by atoms with Crippen LogP contribution in [-0.4, -0.2) is 10.2 Å². The molecule has 0 heterocycles. The molecule has 4 rings (SSSR count). The van der Waals surface area contributed by atoms with Crippen LogP contribution in [-0.2, 0) is 0 Å². The van der Waals surface area contributed by atoms with E-state index in [2.05, 4.69) is 12.1 Å². The molecule has 2 N–H and O–H groups in total. The summed E-state index contributed by atoms with van der Waals surface area (Å²) >= 11 is 0. The number of benzene rings is 4. The average molecular weight is 338 g/mol. The highest BCUT2D eigenvalue weighted by molar-refractivity contribution is 5.83. The Hall–Kier alpha value is -3.52. The lowest BCUT2D eigenvalue weighted by molar-refractivity contribution is 0.406. The molecule has 0 aromatic heterocycles. The highest BCUT2D eigenvalue weighted by Crippen LogP contribution is 2.43. The van der Waals surface area contributed by atoms with E-state index in [1.165, 1.54) is 0 Å². The van der Waals surface area contributed by atoms with Gasteiger partial charge in [0.2, 0.25) is 0 Å². The van der Waals surface area contributed by atoms with Crippen molar-refractivity contribution in [2.24, 2.45) is 0 Å². The minimum atomic E-state index is -0.0983. The van der Waals surface area contributed by atoms with Crippen LogP contribution in [0.5, 0.6) is 11.5 Å². The van der Waals surface area contributed by atoms with Gasteiger partial charge in [-0.2, -0.15) is 0 Å². The summed E-state index contributed by atoms with van der Waals surface area (Å²) in [7, 11) is 0. The highest BCUT2D eigenvalue weighted by Gasteiger charge is 2.14. The van der Waals surface area contributed by atoms with Crippen LogP contribution < -0.4 is 0 Å². The third-order valence-corrected chi connectivity index (χ3v) is 4.54. The summed E-state index contributed by atoms with van der Waals surface area (Å²) in [6.45, 7) is 0. The van der Waals surface area contributed by atoms with Crippen molar-refractivity contribution < 1.29 is 10.2 Å². The van der Waals surface area contributed by atoms with E-state index < -0.39 is 0 Å². The first-order valence-electron chi connectivity index (χ1n) is 8.50. The molecule has 0 spiro atoms. The first kappa shape index (κ1) is 16.0. The maximum atomic E-state index is 10.5. The third kappa shape index (κ3) is 2.93. The van der Waals surface area contributed by atoms with E-state index in [0.717, 1.165) is 22.3 Å². The van der Waals surface area contributed by atoms with Crippen molar-refractivity contribution in [2.75, 3.05) is 0 Å². The molecule has 2 nitrogen and oxygen atoms in total. The molecule has 0 atom stereocenters. The zero-order chi connectivity index (χ0) is 17.9. The third-order valence-electron chi connectivity index (χ3n) is 4.54. The van der Waals surface area contributed by atoms with E-state index in [1.54, 1.807) is 0 Å². The van der Waals surface area contributed by atoms with Crippen LogP contribution in [0, 0.1) is 0 Å². The van der Waals surface area contributed by atoms with Gasteiger partial charge in [-0.1, -0.05) is 84.9 Å². The fraction of sp³-hybridized carbons (Fsp3) is 0. The zero-order valence-electron chi connectivity index (χ0n) is 14.1. The van der Waals surface area contributed by atoms with Crippen molar-refractivity contribution in [3.8, 4) is 44.9 Å². The van der Waals surface area contributed by atoms with Gasteiger partial charge in [0.05, 0.1) is 0 Å². The molecule has 0 aliphatic carbocycles. The number of hydrogen-bond acceptors (Lipinski definition) is 2. The Bertz CT molecular complexity index is 1020. The molecular formula is C24H18O2. The van der Waals surface area contributed by atoms with Crippen LogP contribution in [0.4, 0.5) is 0 Å². The molecule has 4 aromatic carbocycles. The molecule has 0 bridgehead atoms. The standard InChI is InChI=1S/C24H18O2/c25-23-21(19-9-5-2-6-10-19)15-16-22(24(23)26)20-13-11-18(12-14-20)17-7-3-1-4-8-17/h1-16,25-26H. The molecule has 0 saturated carbocycles. The monoisotopic (exact) mass is 338 g/mol. The van der Waals surface area contributed by atoms with Gasteiger partial charge in [0.25, 0.3) is 0 Å². The Morgan fingerprint density at radius 1 is 0.346 bits per heavy atom. The largest absolute Gasteiger partial charge is 0.504 e. The van der Waals surface area contributed by atoms with E-state index in [0.29, 0.717) is 11.1 Å². The summed E-state index contributed by atoms with van der Waals surface area (Å²) in [4.78, 5) is 0. The Labute approximate surface area is 152 Å². The second-order valence-electron chi connectivity index (χ2n) is 6.17. The second-order valence-corrected chi connectivity index (χ2v) is 6.17. The van der Waals surface area contributed by atoms with Crippen molar-refractivity contribution in [1.29, 1.82) is 0 Å². The van der Waals surface area contributed by atoms with E-state index >= 15 is 0 Å². The molecule has 0 aliphatic rings. The lowest BCUT2D eigenvalue weighted by atomic mass is 9.96. The highest BCUT2D eigenvalue weighted by atomic mass is 16.3. The molecule has 26 heavy (non-hydrogen) atoms.